The molecule has 0 radical (unpaired) electrons. The van der Waals surface area contributed by atoms with Gasteiger partial charge >= 0.3 is 6.09 Å². The van der Waals surface area contributed by atoms with Crippen LogP contribution in [0.3, 0.4) is 0 Å². The van der Waals surface area contributed by atoms with E-state index in [4.69, 9.17) is 4.74 Å². The molecule has 0 aliphatic carbocycles. The molecule has 15 heavy (non-hydrogen) atoms. The van der Waals surface area contributed by atoms with Gasteiger partial charge in [0.1, 0.15) is 17.9 Å². The Morgan fingerprint density at radius 3 is 2.60 bits per heavy atom. The summed E-state index contributed by atoms with van der Waals surface area (Å²) < 4.78 is 17.5. The highest BCUT2D eigenvalue weighted by Crippen LogP contribution is 2.23. The van der Waals surface area contributed by atoms with Gasteiger partial charge in [-0.1, -0.05) is 0 Å². The van der Waals surface area contributed by atoms with E-state index in [1.165, 1.54) is 4.90 Å². The Kier molecular flexibility index (Phi) is 3.23. The molecule has 0 unspecified atom stereocenters. The third kappa shape index (κ3) is 3.34. The second kappa shape index (κ2) is 3.96. The molecule has 5 heteroatoms. The number of nitrogens with zero attached hydrogens (tertiary/aromatic N) is 1. The number of amides is 1. The predicted molar refractivity (Wildman–Crippen MR) is 53.3 cm³/mol. The number of aliphatic hydroxyl groups is 1. The molecule has 1 atom stereocenters. The average Bonchev–Trinajstić information content (AvgIpc) is 2.46. The topological polar surface area (TPSA) is 49.8 Å². The van der Waals surface area contributed by atoms with E-state index in [9.17, 15) is 14.3 Å². The van der Waals surface area contributed by atoms with Gasteiger partial charge in [0, 0.05) is 6.54 Å². The lowest BCUT2D eigenvalue weighted by atomic mass is 10.1. The smallest absolute Gasteiger partial charge is 0.410 e. The monoisotopic (exact) mass is 219 g/mol. The predicted octanol–water partition coefficient (Wildman–Crippen LogP) is 1.33. The summed E-state index contributed by atoms with van der Waals surface area (Å²) in [6, 6.07) is 0. The third-order valence-electron chi connectivity index (χ3n) is 2.23. The maximum absolute atomic E-state index is 12.4. The Labute approximate surface area is 89.0 Å². The van der Waals surface area contributed by atoms with Gasteiger partial charge in [-0.2, -0.15) is 0 Å². The van der Waals surface area contributed by atoms with Gasteiger partial charge in [-0.3, -0.25) is 0 Å². The standard InChI is InChI=1S/C10H18FNO3/c1-9(2,3)15-8(13)12-5-4-10(14,6-11)7-12/h14H,4-7H2,1-3H3/t10-/m1/s1. The molecule has 0 bridgehead atoms. The van der Waals surface area contributed by atoms with Gasteiger partial charge in [-0.05, 0) is 27.2 Å². The van der Waals surface area contributed by atoms with E-state index < -0.39 is 24.0 Å². The zero-order valence-electron chi connectivity index (χ0n) is 9.42. The molecule has 1 rings (SSSR count). The van der Waals surface area contributed by atoms with E-state index in [-0.39, 0.29) is 13.0 Å². The van der Waals surface area contributed by atoms with Crippen LogP contribution in [0, 0.1) is 0 Å². The van der Waals surface area contributed by atoms with Gasteiger partial charge in [-0.25, -0.2) is 9.18 Å². The number of hydrogen-bond acceptors (Lipinski definition) is 3. The molecule has 1 amide bonds. The number of hydrogen-bond donors (Lipinski definition) is 1. The van der Waals surface area contributed by atoms with E-state index in [0.29, 0.717) is 6.54 Å². The second-order valence-electron chi connectivity index (χ2n) is 5.01. The lowest BCUT2D eigenvalue weighted by Gasteiger charge is -2.25. The fourth-order valence-corrected chi connectivity index (χ4v) is 1.45. The van der Waals surface area contributed by atoms with Crippen LogP contribution in [0.5, 0.6) is 0 Å². The number of likely N-dealkylation sites (tertiary alicyclic amines) is 1. The fraction of sp³-hybridized carbons (Fsp3) is 0.900. The first-order chi connectivity index (χ1) is 6.76. The van der Waals surface area contributed by atoms with Crippen LogP contribution in [-0.4, -0.2) is 47.1 Å². The molecule has 0 saturated carbocycles. The molecule has 1 saturated heterocycles. The van der Waals surface area contributed by atoms with E-state index >= 15 is 0 Å². The highest BCUT2D eigenvalue weighted by Gasteiger charge is 2.39. The highest BCUT2D eigenvalue weighted by atomic mass is 19.1. The summed E-state index contributed by atoms with van der Waals surface area (Å²) in [5.74, 6) is 0. The first kappa shape index (κ1) is 12.2. The maximum Gasteiger partial charge on any atom is 0.410 e. The molecular weight excluding hydrogens is 201 g/mol. The van der Waals surface area contributed by atoms with Crippen LogP contribution in [0.25, 0.3) is 0 Å². The Morgan fingerprint density at radius 1 is 1.60 bits per heavy atom. The number of carbonyl (C=O) groups excluding carboxylic acids is 1. The molecule has 1 heterocycles. The molecule has 0 aromatic carbocycles. The summed E-state index contributed by atoms with van der Waals surface area (Å²) in [7, 11) is 0. The largest absolute Gasteiger partial charge is 0.444 e. The molecule has 0 aromatic rings. The minimum Gasteiger partial charge on any atom is -0.444 e. The lowest BCUT2D eigenvalue weighted by Crippen LogP contribution is -2.40. The van der Waals surface area contributed by atoms with Crippen molar-refractivity contribution in [2.24, 2.45) is 0 Å². The van der Waals surface area contributed by atoms with Crippen LogP contribution in [0.1, 0.15) is 27.2 Å². The summed E-state index contributed by atoms with van der Waals surface area (Å²) in [5, 5.41) is 9.59. The van der Waals surface area contributed by atoms with Gasteiger partial charge in [0.15, 0.2) is 0 Å². The minimum atomic E-state index is -1.38. The van der Waals surface area contributed by atoms with Crippen LogP contribution in [0.2, 0.25) is 0 Å². The summed E-state index contributed by atoms with van der Waals surface area (Å²) in [4.78, 5) is 12.9. The highest BCUT2D eigenvalue weighted by molar-refractivity contribution is 5.68. The van der Waals surface area contributed by atoms with Crippen LogP contribution < -0.4 is 0 Å². The number of rotatable bonds is 1. The molecule has 0 aromatic heterocycles. The van der Waals surface area contributed by atoms with Crippen LogP contribution in [-0.2, 0) is 4.74 Å². The minimum absolute atomic E-state index is 0.0123. The van der Waals surface area contributed by atoms with Crippen molar-refractivity contribution in [1.82, 2.24) is 4.90 Å². The molecule has 1 aliphatic rings. The number of carbonyl (C=O) groups is 1. The molecule has 1 aliphatic heterocycles. The van der Waals surface area contributed by atoms with E-state index in [1.54, 1.807) is 20.8 Å². The molecule has 1 N–H and O–H groups in total. The number of halogens is 1. The van der Waals surface area contributed by atoms with E-state index in [2.05, 4.69) is 0 Å². The van der Waals surface area contributed by atoms with Crippen molar-refractivity contribution >= 4 is 6.09 Å². The van der Waals surface area contributed by atoms with Crippen molar-refractivity contribution in [1.29, 1.82) is 0 Å². The second-order valence-corrected chi connectivity index (χ2v) is 5.01. The SMILES string of the molecule is CC(C)(C)OC(=O)N1CC[C@@](O)(CF)C1. The van der Waals surface area contributed by atoms with Crippen molar-refractivity contribution in [3.8, 4) is 0 Å². The fourth-order valence-electron chi connectivity index (χ4n) is 1.45. The molecule has 4 nitrogen and oxygen atoms in total. The molecule has 88 valence electrons. The zero-order chi connectivity index (χ0) is 11.7. The van der Waals surface area contributed by atoms with E-state index in [0.717, 1.165) is 0 Å². The van der Waals surface area contributed by atoms with Crippen molar-refractivity contribution in [2.45, 2.75) is 38.4 Å². The third-order valence-corrected chi connectivity index (χ3v) is 2.23. The first-order valence-electron chi connectivity index (χ1n) is 5.02. The summed E-state index contributed by atoms with van der Waals surface area (Å²) >= 11 is 0. The normalized spacial score (nSPS) is 26.9. The lowest BCUT2D eigenvalue weighted by molar-refractivity contribution is 0.00650. The quantitative estimate of drug-likeness (QED) is 0.723. The average molecular weight is 219 g/mol. The number of β-amino-alcohol motifs (C(OH)–C–C–N with tert-alkyl or cyclic N) is 1. The Hall–Kier alpha value is -0.840. The summed E-state index contributed by atoms with van der Waals surface area (Å²) in [6.07, 6.45) is -0.227. The molecular formula is C10H18FNO3. The number of ether oxygens (including phenoxy) is 1. The van der Waals surface area contributed by atoms with E-state index in [1.807, 2.05) is 0 Å². The maximum atomic E-state index is 12.4. The van der Waals surface area contributed by atoms with Gasteiger partial charge < -0.3 is 14.7 Å². The van der Waals surface area contributed by atoms with Crippen LogP contribution in [0.15, 0.2) is 0 Å². The van der Waals surface area contributed by atoms with Gasteiger partial charge in [-0.15, -0.1) is 0 Å². The first-order valence-corrected chi connectivity index (χ1v) is 5.02. The van der Waals surface area contributed by atoms with Gasteiger partial charge in [0.2, 0.25) is 0 Å². The Balaban J connectivity index is 2.51. The zero-order valence-corrected chi connectivity index (χ0v) is 9.42. The summed E-state index contributed by atoms with van der Waals surface area (Å²) in [5.41, 5.74) is -1.94. The van der Waals surface area contributed by atoms with Gasteiger partial charge in [0.05, 0.1) is 6.54 Å². The summed E-state index contributed by atoms with van der Waals surface area (Å²) in [6.45, 7) is 4.83. The Bertz CT molecular complexity index is 252. The molecule has 0 spiro atoms. The van der Waals surface area contributed by atoms with Crippen molar-refractivity contribution in [3.05, 3.63) is 0 Å². The van der Waals surface area contributed by atoms with Crippen LogP contribution in [0.4, 0.5) is 9.18 Å². The van der Waals surface area contributed by atoms with Crippen molar-refractivity contribution < 1.29 is 19.0 Å². The number of alkyl halides is 1. The Morgan fingerprint density at radius 2 is 2.20 bits per heavy atom. The van der Waals surface area contributed by atoms with Crippen LogP contribution >= 0.6 is 0 Å². The van der Waals surface area contributed by atoms with Crippen molar-refractivity contribution in [2.75, 3.05) is 19.8 Å². The van der Waals surface area contributed by atoms with Crippen molar-refractivity contribution in [3.63, 3.8) is 0 Å². The van der Waals surface area contributed by atoms with Gasteiger partial charge in [0.25, 0.3) is 0 Å². The molecule has 1 fully saturated rings.